The second-order valence-electron chi connectivity index (χ2n) is 5.10. The molecule has 5 heteroatoms. The van der Waals surface area contributed by atoms with Gasteiger partial charge in [-0.15, -0.1) is 0 Å². The average molecular weight is 283 g/mol. The molecule has 1 aromatic carbocycles. The van der Waals surface area contributed by atoms with Crippen LogP contribution in [0.2, 0.25) is 0 Å². The quantitative estimate of drug-likeness (QED) is 0.861. The van der Waals surface area contributed by atoms with Crippen LogP contribution in [0, 0.1) is 11.3 Å². The molecule has 1 saturated heterocycles. The van der Waals surface area contributed by atoms with Crippen molar-refractivity contribution in [2.24, 2.45) is 0 Å². The number of methoxy groups -OCH3 is 2. The first-order valence-corrected chi connectivity index (χ1v) is 6.87. The number of hydrogen-bond acceptors (Lipinski definition) is 5. The molecule has 2 atom stereocenters. The van der Waals surface area contributed by atoms with E-state index >= 15 is 0 Å². The molecule has 0 amide bonds. The topological polar surface area (TPSA) is 58.4 Å². The molecule has 0 spiro atoms. The number of aromatic nitrogens is 1. The fraction of sp³-hybridized carbons (Fsp3) is 0.375. The minimum absolute atomic E-state index is 0.00784. The molecule has 2 heterocycles. The van der Waals surface area contributed by atoms with Crippen LogP contribution in [0.25, 0.3) is 10.9 Å². The first-order chi connectivity index (χ1) is 10.3. The lowest BCUT2D eigenvalue weighted by Gasteiger charge is -2.21. The minimum Gasteiger partial charge on any atom is -0.377 e. The number of benzene rings is 1. The van der Waals surface area contributed by atoms with Gasteiger partial charge in [0.25, 0.3) is 0 Å². The average Bonchev–Trinajstić information content (AvgIpc) is 2.96. The fourth-order valence-corrected chi connectivity index (χ4v) is 2.93. The Hall–Kier alpha value is -2.16. The van der Waals surface area contributed by atoms with Crippen molar-refractivity contribution in [1.29, 1.82) is 5.26 Å². The van der Waals surface area contributed by atoms with Gasteiger partial charge in [0.1, 0.15) is 18.3 Å². The largest absolute Gasteiger partial charge is 0.377 e. The molecule has 2 unspecified atom stereocenters. The summed E-state index contributed by atoms with van der Waals surface area (Å²) in [4.78, 5) is 6.51. The zero-order valence-corrected chi connectivity index (χ0v) is 12.1. The molecule has 0 saturated carbocycles. The first kappa shape index (κ1) is 13.8. The van der Waals surface area contributed by atoms with Crippen LogP contribution in [0.3, 0.4) is 0 Å². The van der Waals surface area contributed by atoms with Crippen LogP contribution < -0.4 is 4.90 Å². The Morgan fingerprint density at radius 3 is 2.48 bits per heavy atom. The third kappa shape index (κ3) is 2.33. The molecule has 108 valence electrons. The number of pyridine rings is 1. The molecule has 1 aromatic heterocycles. The SMILES string of the molecule is COC1CN(c2c(C#N)cnc3ccccc23)CC1OC. The van der Waals surface area contributed by atoms with Gasteiger partial charge in [-0.3, -0.25) is 4.98 Å². The maximum Gasteiger partial charge on any atom is 0.103 e. The van der Waals surface area contributed by atoms with Crippen LogP contribution in [-0.2, 0) is 9.47 Å². The molecule has 1 aliphatic rings. The number of hydrogen-bond donors (Lipinski definition) is 0. The molecule has 0 radical (unpaired) electrons. The summed E-state index contributed by atoms with van der Waals surface area (Å²) in [5.74, 6) is 0. The van der Waals surface area contributed by atoms with E-state index in [1.807, 2.05) is 24.3 Å². The van der Waals surface area contributed by atoms with E-state index in [-0.39, 0.29) is 12.2 Å². The third-order valence-corrected chi connectivity index (χ3v) is 4.00. The third-order valence-electron chi connectivity index (χ3n) is 4.00. The lowest BCUT2D eigenvalue weighted by atomic mass is 10.1. The van der Waals surface area contributed by atoms with Gasteiger partial charge in [-0.1, -0.05) is 18.2 Å². The van der Waals surface area contributed by atoms with Gasteiger partial charge in [-0.05, 0) is 6.07 Å². The number of nitrogens with zero attached hydrogens (tertiary/aromatic N) is 3. The van der Waals surface area contributed by atoms with Crippen molar-refractivity contribution in [3.05, 3.63) is 36.0 Å². The zero-order chi connectivity index (χ0) is 14.8. The maximum atomic E-state index is 9.41. The summed E-state index contributed by atoms with van der Waals surface area (Å²) in [5.41, 5.74) is 2.39. The zero-order valence-electron chi connectivity index (χ0n) is 12.1. The second kappa shape index (κ2) is 5.68. The van der Waals surface area contributed by atoms with Crippen LogP contribution in [0.4, 0.5) is 5.69 Å². The van der Waals surface area contributed by atoms with Crippen LogP contribution >= 0.6 is 0 Å². The molecule has 1 aliphatic heterocycles. The second-order valence-corrected chi connectivity index (χ2v) is 5.10. The van der Waals surface area contributed by atoms with E-state index < -0.39 is 0 Å². The summed E-state index contributed by atoms with van der Waals surface area (Å²) in [7, 11) is 3.38. The van der Waals surface area contributed by atoms with Gasteiger partial charge in [0.05, 0.1) is 16.8 Å². The Balaban J connectivity index is 2.10. The highest BCUT2D eigenvalue weighted by Gasteiger charge is 2.34. The Morgan fingerprint density at radius 2 is 1.86 bits per heavy atom. The lowest BCUT2D eigenvalue weighted by molar-refractivity contribution is -0.00461. The molecule has 0 aliphatic carbocycles. The number of fused-ring (bicyclic) bond motifs is 1. The van der Waals surface area contributed by atoms with Crippen LogP contribution in [0.15, 0.2) is 30.5 Å². The van der Waals surface area contributed by atoms with Crippen LogP contribution in [-0.4, -0.2) is 44.5 Å². The number of para-hydroxylation sites is 1. The van der Waals surface area contributed by atoms with Gasteiger partial charge in [0, 0.05) is 38.9 Å². The van der Waals surface area contributed by atoms with Crippen LogP contribution in [0.1, 0.15) is 5.56 Å². The summed E-state index contributed by atoms with van der Waals surface area (Å²) in [6.45, 7) is 1.41. The van der Waals surface area contributed by atoms with Crippen molar-refractivity contribution in [3.63, 3.8) is 0 Å². The highest BCUT2D eigenvalue weighted by molar-refractivity contribution is 5.94. The molecule has 0 bridgehead atoms. The Morgan fingerprint density at radius 1 is 1.19 bits per heavy atom. The van der Waals surface area contributed by atoms with Crippen LogP contribution in [0.5, 0.6) is 0 Å². The monoisotopic (exact) mass is 283 g/mol. The Kier molecular flexibility index (Phi) is 3.74. The van der Waals surface area contributed by atoms with E-state index in [0.717, 1.165) is 16.6 Å². The number of anilines is 1. The van der Waals surface area contributed by atoms with E-state index in [0.29, 0.717) is 18.7 Å². The molecule has 1 fully saturated rings. The molecule has 2 aromatic rings. The van der Waals surface area contributed by atoms with E-state index in [4.69, 9.17) is 9.47 Å². The predicted molar refractivity (Wildman–Crippen MR) is 80.3 cm³/mol. The van der Waals surface area contributed by atoms with Crippen molar-refractivity contribution >= 4 is 16.6 Å². The van der Waals surface area contributed by atoms with E-state index in [9.17, 15) is 5.26 Å². The van der Waals surface area contributed by atoms with Crippen molar-refractivity contribution in [1.82, 2.24) is 4.98 Å². The van der Waals surface area contributed by atoms with Gasteiger partial charge >= 0.3 is 0 Å². The van der Waals surface area contributed by atoms with Gasteiger partial charge in [-0.2, -0.15) is 5.26 Å². The molecular formula is C16H17N3O2. The Bertz CT molecular complexity index is 683. The van der Waals surface area contributed by atoms with E-state index in [2.05, 4.69) is 16.0 Å². The normalized spacial score (nSPS) is 21.7. The number of ether oxygens (including phenoxy) is 2. The number of nitriles is 1. The van der Waals surface area contributed by atoms with E-state index in [1.165, 1.54) is 0 Å². The van der Waals surface area contributed by atoms with Crippen molar-refractivity contribution in [3.8, 4) is 6.07 Å². The minimum atomic E-state index is 0.00784. The molecule has 5 nitrogen and oxygen atoms in total. The summed E-state index contributed by atoms with van der Waals surface area (Å²) < 4.78 is 11.0. The fourth-order valence-electron chi connectivity index (χ4n) is 2.93. The van der Waals surface area contributed by atoms with E-state index in [1.54, 1.807) is 20.4 Å². The highest BCUT2D eigenvalue weighted by atomic mass is 16.5. The smallest absolute Gasteiger partial charge is 0.103 e. The summed E-state index contributed by atoms with van der Waals surface area (Å²) in [6, 6.07) is 10.1. The summed E-state index contributed by atoms with van der Waals surface area (Å²) >= 11 is 0. The van der Waals surface area contributed by atoms with Gasteiger partial charge in [0.2, 0.25) is 0 Å². The first-order valence-electron chi connectivity index (χ1n) is 6.87. The molecule has 0 N–H and O–H groups in total. The van der Waals surface area contributed by atoms with Gasteiger partial charge in [-0.25, -0.2) is 0 Å². The summed E-state index contributed by atoms with van der Waals surface area (Å²) in [5, 5.41) is 10.4. The maximum absolute atomic E-state index is 9.41. The van der Waals surface area contributed by atoms with Gasteiger partial charge in [0.15, 0.2) is 0 Å². The number of rotatable bonds is 3. The predicted octanol–water partition coefficient (Wildman–Crippen LogP) is 1.96. The standard InChI is InChI=1S/C16H17N3O2/c1-20-14-9-19(10-15(14)21-2)16-11(7-17)8-18-13-6-4-3-5-12(13)16/h3-6,8,14-15H,9-10H2,1-2H3. The highest BCUT2D eigenvalue weighted by Crippen LogP contribution is 2.32. The van der Waals surface area contributed by atoms with Crippen molar-refractivity contribution in [2.45, 2.75) is 12.2 Å². The molecule has 21 heavy (non-hydrogen) atoms. The van der Waals surface area contributed by atoms with Crippen molar-refractivity contribution in [2.75, 3.05) is 32.2 Å². The lowest BCUT2D eigenvalue weighted by Crippen LogP contribution is -2.27. The van der Waals surface area contributed by atoms with Crippen molar-refractivity contribution < 1.29 is 9.47 Å². The molecule has 3 rings (SSSR count). The molecular weight excluding hydrogens is 266 g/mol. The Labute approximate surface area is 123 Å². The summed E-state index contributed by atoms with van der Waals surface area (Å²) in [6.07, 6.45) is 1.65. The van der Waals surface area contributed by atoms with Gasteiger partial charge < -0.3 is 14.4 Å².